The second kappa shape index (κ2) is 5.84. The molecule has 0 saturated carbocycles. The van der Waals surface area contributed by atoms with Crippen molar-refractivity contribution in [2.75, 3.05) is 7.11 Å². The van der Waals surface area contributed by atoms with Gasteiger partial charge in [-0.3, -0.25) is 0 Å². The van der Waals surface area contributed by atoms with Crippen LogP contribution in [-0.2, 0) is 0 Å². The van der Waals surface area contributed by atoms with Crippen molar-refractivity contribution in [2.45, 2.75) is 26.7 Å². The van der Waals surface area contributed by atoms with Crippen LogP contribution in [0.25, 0.3) is 11.1 Å². The molecule has 2 aromatic rings. The zero-order chi connectivity index (χ0) is 14.7. The summed E-state index contributed by atoms with van der Waals surface area (Å²) >= 11 is 0. The number of aryl methyl sites for hydroxylation is 2. The summed E-state index contributed by atoms with van der Waals surface area (Å²) in [7, 11) is 1.69. The fourth-order valence-corrected chi connectivity index (χ4v) is 2.39. The summed E-state index contributed by atoms with van der Waals surface area (Å²) in [4.78, 5) is 0. The summed E-state index contributed by atoms with van der Waals surface area (Å²) in [5.74, 6) is 3.70. The van der Waals surface area contributed by atoms with E-state index in [4.69, 9.17) is 11.2 Å². The van der Waals surface area contributed by atoms with E-state index in [1.807, 2.05) is 13.0 Å². The van der Waals surface area contributed by atoms with Gasteiger partial charge in [0.25, 0.3) is 0 Å². The molecule has 0 aromatic heterocycles. The highest BCUT2D eigenvalue weighted by atomic mass is 16.5. The van der Waals surface area contributed by atoms with Gasteiger partial charge in [-0.1, -0.05) is 35.2 Å². The van der Waals surface area contributed by atoms with E-state index in [-0.39, 0.29) is 5.92 Å². The molecule has 2 rings (SSSR count). The molecule has 0 heterocycles. The molecule has 0 bridgehead atoms. The Kier molecular flexibility index (Phi) is 4.15. The lowest BCUT2D eigenvalue weighted by Gasteiger charge is -2.12. The maximum Gasteiger partial charge on any atom is 0.119 e. The van der Waals surface area contributed by atoms with Crippen LogP contribution in [0.3, 0.4) is 0 Å². The summed E-state index contributed by atoms with van der Waals surface area (Å²) in [6.45, 7) is 6.25. The third-order valence-corrected chi connectivity index (χ3v) is 3.47. The standard InChI is InChI=1S/C19H20O/c1-6-15(4)16-10-18(12-19(11-16)20-5)17-8-13(2)7-14(3)9-17/h1,7-12,15H,2-5H3/t15-/m1/s1. The number of hydrogen-bond acceptors (Lipinski definition) is 1. The molecule has 0 N–H and O–H groups in total. The second-order valence-electron chi connectivity index (χ2n) is 5.26. The van der Waals surface area contributed by atoms with E-state index in [9.17, 15) is 0 Å². The van der Waals surface area contributed by atoms with Crippen LogP contribution in [0.1, 0.15) is 29.5 Å². The third kappa shape index (κ3) is 3.03. The van der Waals surface area contributed by atoms with Crippen LogP contribution in [-0.4, -0.2) is 7.11 Å². The molecule has 0 aliphatic heterocycles. The molecule has 2 aromatic carbocycles. The average molecular weight is 264 g/mol. The molecule has 0 amide bonds. The number of hydrogen-bond donors (Lipinski definition) is 0. The van der Waals surface area contributed by atoms with E-state index in [1.54, 1.807) is 7.11 Å². The van der Waals surface area contributed by atoms with Crippen LogP contribution < -0.4 is 4.74 Å². The van der Waals surface area contributed by atoms with Crippen molar-refractivity contribution in [2.24, 2.45) is 0 Å². The number of methoxy groups -OCH3 is 1. The molecule has 1 atom stereocenters. The van der Waals surface area contributed by atoms with Gasteiger partial charge in [0.2, 0.25) is 0 Å². The molecular weight excluding hydrogens is 244 g/mol. The first-order chi connectivity index (χ1) is 9.53. The Morgan fingerprint density at radius 3 is 2.10 bits per heavy atom. The van der Waals surface area contributed by atoms with E-state index in [2.05, 4.69) is 50.1 Å². The topological polar surface area (TPSA) is 9.23 Å². The molecule has 0 spiro atoms. The second-order valence-corrected chi connectivity index (χ2v) is 5.26. The van der Waals surface area contributed by atoms with Gasteiger partial charge in [-0.2, -0.15) is 0 Å². The van der Waals surface area contributed by atoms with Gasteiger partial charge in [0, 0.05) is 5.92 Å². The smallest absolute Gasteiger partial charge is 0.119 e. The minimum absolute atomic E-state index is 0.0785. The molecule has 102 valence electrons. The minimum Gasteiger partial charge on any atom is -0.497 e. The van der Waals surface area contributed by atoms with E-state index in [0.29, 0.717) is 0 Å². The summed E-state index contributed by atoms with van der Waals surface area (Å²) in [6.07, 6.45) is 5.54. The van der Waals surface area contributed by atoms with Crippen molar-refractivity contribution in [3.63, 3.8) is 0 Å². The molecule has 1 heteroatoms. The highest BCUT2D eigenvalue weighted by Crippen LogP contribution is 2.30. The molecule has 0 saturated heterocycles. The summed E-state index contributed by atoms with van der Waals surface area (Å²) in [5, 5.41) is 0. The van der Waals surface area contributed by atoms with Gasteiger partial charge in [0.05, 0.1) is 7.11 Å². The molecule has 0 aliphatic carbocycles. The normalized spacial score (nSPS) is 11.8. The highest BCUT2D eigenvalue weighted by molar-refractivity contribution is 5.68. The lowest BCUT2D eigenvalue weighted by molar-refractivity contribution is 0.414. The quantitative estimate of drug-likeness (QED) is 0.729. The van der Waals surface area contributed by atoms with Crippen LogP contribution in [0, 0.1) is 26.2 Å². The van der Waals surface area contributed by atoms with Crippen LogP contribution >= 0.6 is 0 Å². The Labute approximate surface area is 121 Å². The van der Waals surface area contributed by atoms with Crippen molar-refractivity contribution in [1.82, 2.24) is 0 Å². The molecule has 20 heavy (non-hydrogen) atoms. The summed E-state index contributed by atoms with van der Waals surface area (Å²) in [5.41, 5.74) is 5.98. The summed E-state index contributed by atoms with van der Waals surface area (Å²) < 4.78 is 5.40. The number of terminal acetylenes is 1. The first kappa shape index (κ1) is 14.2. The van der Waals surface area contributed by atoms with Gasteiger partial charge in [-0.05, 0) is 55.7 Å². The van der Waals surface area contributed by atoms with Gasteiger partial charge < -0.3 is 4.74 Å². The monoisotopic (exact) mass is 264 g/mol. The van der Waals surface area contributed by atoms with Crippen LogP contribution in [0.2, 0.25) is 0 Å². The Bertz CT molecular complexity index is 642. The van der Waals surface area contributed by atoms with Crippen LogP contribution in [0.15, 0.2) is 36.4 Å². The van der Waals surface area contributed by atoms with Crippen LogP contribution in [0.5, 0.6) is 5.75 Å². The number of rotatable bonds is 3. The predicted octanol–water partition coefficient (Wildman–Crippen LogP) is 4.72. The molecule has 1 nitrogen and oxygen atoms in total. The number of benzene rings is 2. The molecule has 0 unspecified atom stereocenters. The van der Waals surface area contributed by atoms with Crippen molar-refractivity contribution in [3.05, 3.63) is 53.1 Å². The fraction of sp³-hybridized carbons (Fsp3) is 0.263. The zero-order valence-electron chi connectivity index (χ0n) is 12.5. The van der Waals surface area contributed by atoms with E-state index in [1.165, 1.54) is 16.7 Å². The van der Waals surface area contributed by atoms with Crippen molar-refractivity contribution in [1.29, 1.82) is 0 Å². The summed E-state index contributed by atoms with van der Waals surface area (Å²) in [6, 6.07) is 12.8. The SMILES string of the molecule is C#C[C@@H](C)c1cc(OC)cc(-c2cc(C)cc(C)c2)c1. The van der Waals surface area contributed by atoms with E-state index >= 15 is 0 Å². The van der Waals surface area contributed by atoms with E-state index in [0.717, 1.165) is 16.9 Å². The third-order valence-electron chi connectivity index (χ3n) is 3.47. The molecule has 0 fully saturated rings. The van der Waals surface area contributed by atoms with Crippen LogP contribution in [0.4, 0.5) is 0 Å². The lowest BCUT2D eigenvalue weighted by Crippen LogP contribution is -1.94. The maximum atomic E-state index is 5.54. The minimum atomic E-state index is 0.0785. The van der Waals surface area contributed by atoms with Crippen molar-refractivity contribution in [3.8, 4) is 29.2 Å². The Morgan fingerprint density at radius 1 is 0.950 bits per heavy atom. The average Bonchev–Trinajstić information content (AvgIpc) is 2.44. The predicted molar refractivity (Wildman–Crippen MR) is 85.2 cm³/mol. The molecule has 0 radical (unpaired) electrons. The fourth-order valence-electron chi connectivity index (χ4n) is 2.39. The van der Waals surface area contributed by atoms with Gasteiger partial charge in [-0.25, -0.2) is 0 Å². The lowest BCUT2D eigenvalue weighted by atomic mass is 9.94. The first-order valence-corrected chi connectivity index (χ1v) is 6.77. The first-order valence-electron chi connectivity index (χ1n) is 6.77. The Hall–Kier alpha value is -2.20. The van der Waals surface area contributed by atoms with Crippen molar-refractivity contribution < 1.29 is 4.74 Å². The van der Waals surface area contributed by atoms with Gasteiger partial charge in [-0.15, -0.1) is 6.42 Å². The largest absolute Gasteiger partial charge is 0.497 e. The number of ether oxygens (including phenoxy) is 1. The zero-order valence-corrected chi connectivity index (χ0v) is 12.5. The molecular formula is C19H20O. The van der Waals surface area contributed by atoms with Gasteiger partial charge in [0.15, 0.2) is 0 Å². The molecule has 0 aliphatic rings. The van der Waals surface area contributed by atoms with Crippen molar-refractivity contribution >= 4 is 0 Å². The maximum absolute atomic E-state index is 5.54. The van der Waals surface area contributed by atoms with Gasteiger partial charge in [0.1, 0.15) is 5.75 Å². The highest BCUT2D eigenvalue weighted by Gasteiger charge is 2.08. The van der Waals surface area contributed by atoms with Gasteiger partial charge >= 0.3 is 0 Å². The Balaban J connectivity index is 2.58. The Morgan fingerprint density at radius 2 is 1.55 bits per heavy atom. The van der Waals surface area contributed by atoms with E-state index < -0.39 is 0 Å².